The maximum atomic E-state index is 5.43. The van der Waals surface area contributed by atoms with Crippen LogP contribution in [0.5, 0.6) is 0 Å². The van der Waals surface area contributed by atoms with Crippen LogP contribution in [0.25, 0.3) is 11.3 Å². The second-order valence-corrected chi connectivity index (χ2v) is 4.30. The molecule has 1 N–H and O–H groups in total. The zero-order chi connectivity index (χ0) is 10.7. The van der Waals surface area contributed by atoms with Crippen molar-refractivity contribution in [2.75, 3.05) is 7.05 Å². The first-order valence-electron chi connectivity index (χ1n) is 4.65. The molecular formula is C11H11IN2O. The summed E-state index contributed by atoms with van der Waals surface area (Å²) in [5, 5.41) is 3.07. The van der Waals surface area contributed by atoms with E-state index in [1.54, 1.807) is 0 Å². The van der Waals surface area contributed by atoms with Crippen molar-refractivity contribution < 1.29 is 4.42 Å². The number of hydrogen-bond donors (Lipinski definition) is 1. The standard InChI is InChI=1S/C11H11IN2O/c1-13-6-10-11(15-7-14-10)8-4-2-3-5-9(8)12/h2-5,7,13H,6H2,1H3. The third kappa shape index (κ3) is 2.21. The second kappa shape index (κ2) is 4.76. The quantitative estimate of drug-likeness (QED) is 0.885. The Hall–Kier alpha value is -0.880. The maximum Gasteiger partial charge on any atom is 0.181 e. The van der Waals surface area contributed by atoms with E-state index in [1.165, 1.54) is 9.96 Å². The molecule has 2 aromatic rings. The molecule has 0 saturated heterocycles. The van der Waals surface area contributed by atoms with E-state index in [0.29, 0.717) is 0 Å². The molecule has 0 atom stereocenters. The van der Waals surface area contributed by atoms with E-state index in [-0.39, 0.29) is 0 Å². The van der Waals surface area contributed by atoms with Gasteiger partial charge in [-0.2, -0.15) is 0 Å². The summed E-state index contributed by atoms with van der Waals surface area (Å²) in [4.78, 5) is 4.19. The van der Waals surface area contributed by atoms with Gasteiger partial charge in [-0.05, 0) is 35.7 Å². The molecule has 1 aromatic carbocycles. The topological polar surface area (TPSA) is 38.1 Å². The SMILES string of the molecule is CNCc1ncoc1-c1ccccc1I. The summed E-state index contributed by atoms with van der Waals surface area (Å²) in [5.74, 6) is 0.856. The van der Waals surface area contributed by atoms with Crippen molar-refractivity contribution in [2.45, 2.75) is 6.54 Å². The van der Waals surface area contributed by atoms with Gasteiger partial charge in [-0.25, -0.2) is 4.98 Å². The molecule has 0 unspecified atom stereocenters. The monoisotopic (exact) mass is 314 g/mol. The Balaban J connectivity index is 2.45. The summed E-state index contributed by atoms with van der Waals surface area (Å²) < 4.78 is 6.60. The Kier molecular flexibility index (Phi) is 3.37. The first-order chi connectivity index (χ1) is 7.33. The Morgan fingerprint density at radius 1 is 1.40 bits per heavy atom. The molecule has 0 amide bonds. The lowest BCUT2D eigenvalue weighted by molar-refractivity contribution is 0.570. The van der Waals surface area contributed by atoms with Gasteiger partial charge in [-0.3, -0.25) is 0 Å². The van der Waals surface area contributed by atoms with Gasteiger partial charge in [0.2, 0.25) is 0 Å². The van der Waals surface area contributed by atoms with Gasteiger partial charge in [-0.1, -0.05) is 18.2 Å². The van der Waals surface area contributed by atoms with Crippen LogP contribution >= 0.6 is 22.6 Å². The highest BCUT2D eigenvalue weighted by molar-refractivity contribution is 14.1. The lowest BCUT2D eigenvalue weighted by Gasteiger charge is -2.02. The van der Waals surface area contributed by atoms with Crippen LogP contribution in [0, 0.1) is 3.57 Å². The number of oxazole rings is 1. The fourth-order valence-corrected chi connectivity index (χ4v) is 2.06. The molecule has 2 rings (SSSR count). The van der Waals surface area contributed by atoms with E-state index < -0.39 is 0 Å². The van der Waals surface area contributed by atoms with Gasteiger partial charge in [-0.15, -0.1) is 0 Å². The lowest BCUT2D eigenvalue weighted by Crippen LogP contribution is -2.06. The van der Waals surface area contributed by atoms with Crippen LogP contribution in [0.3, 0.4) is 0 Å². The molecule has 4 heteroatoms. The molecule has 1 aromatic heterocycles. The second-order valence-electron chi connectivity index (χ2n) is 3.14. The van der Waals surface area contributed by atoms with Crippen molar-refractivity contribution in [3.8, 4) is 11.3 Å². The van der Waals surface area contributed by atoms with E-state index in [9.17, 15) is 0 Å². The Bertz CT molecular complexity index is 453. The van der Waals surface area contributed by atoms with Gasteiger partial charge < -0.3 is 9.73 Å². The fourth-order valence-electron chi connectivity index (χ4n) is 1.43. The third-order valence-corrected chi connectivity index (χ3v) is 3.04. The molecular weight excluding hydrogens is 303 g/mol. The van der Waals surface area contributed by atoms with Gasteiger partial charge in [0.05, 0.1) is 0 Å². The number of hydrogen-bond acceptors (Lipinski definition) is 3. The van der Waals surface area contributed by atoms with Gasteiger partial charge in [0, 0.05) is 15.7 Å². The van der Waals surface area contributed by atoms with Crippen molar-refractivity contribution in [1.82, 2.24) is 10.3 Å². The highest BCUT2D eigenvalue weighted by atomic mass is 127. The molecule has 0 aliphatic rings. The van der Waals surface area contributed by atoms with Crippen molar-refractivity contribution in [1.29, 1.82) is 0 Å². The van der Waals surface area contributed by atoms with Gasteiger partial charge in [0.25, 0.3) is 0 Å². The Morgan fingerprint density at radius 2 is 2.20 bits per heavy atom. The van der Waals surface area contributed by atoms with Crippen molar-refractivity contribution >= 4 is 22.6 Å². The molecule has 0 spiro atoms. The number of nitrogens with one attached hydrogen (secondary N) is 1. The van der Waals surface area contributed by atoms with Crippen LogP contribution in [0.1, 0.15) is 5.69 Å². The molecule has 0 aliphatic heterocycles. The highest BCUT2D eigenvalue weighted by Crippen LogP contribution is 2.27. The van der Waals surface area contributed by atoms with Crippen molar-refractivity contribution in [2.24, 2.45) is 0 Å². The zero-order valence-electron chi connectivity index (χ0n) is 8.33. The average Bonchev–Trinajstić information content (AvgIpc) is 2.67. The van der Waals surface area contributed by atoms with Crippen LogP contribution in [-0.4, -0.2) is 12.0 Å². The first-order valence-corrected chi connectivity index (χ1v) is 5.72. The molecule has 0 fully saturated rings. The first kappa shape index (κ1) is 10.6. The predicted molar refractivity (Wildman–Crippen MR) is 67.4 cm³/mol. The molecule has 78 valence electrons. The zero-order valence-corrected chi connectivity index (χ0v) is 10.5. The normalized spacial score (nSPS) is 10.5. The third-order valence-electron chi connectivity index (χ3n) is 2.10. The van der Waals surface area contributed by atoms with E-state index in [1.807, 2.05) is 25.2 Å². The summed E-state index contributed by atoms with van der Waals surface area (Å²) in [7, 11) is 1.90. The lowest BCUT2D eigenvalue weighted by atomic mass is 10.1. The number of halogens is 1. The smallest absolute Gasteiger partial charge is 0.181 e. The largest absolute Gasteiger partial charge is 0.443 e. The molecule has 15 heavy (non-hydrogen) atoms. The summed E-state index contributed by atoms with van der Waals surface area (Å²) >= 11 is 2.30. The summed E-state index contributed by atoms with van der Waals surface area (Å²) in [6.45, 7) is 0.719. The molecule has 0 bridgehead atoms. The van der Waals surface area contributed by atoms with E-state index in [4.69, 9.17) is 4.42 Å². The molecule has 0 aliphatic carbocycles. The van der Waals surface area contributed by atoms with Crippen LogP contribution in [0.2, 0.25) is 0 Å². The minimum atomic E-state index is 0.719. The maximum absolute atomic E-state index is 5.43. The van der Waals surface area contributed by atoms with E-state index in [0.717, 1.165) is 23.6 Å². The molecule has 3 nitrogen and oxygen atoms in total. The highest BCUT2D eigenvalue weighted by Gasteiger charge is 2.11. The van der Waals surface area contributed by atoms with Crippen LogP contribution < -0.4 is 5.32 Å². The minimum absolute atomic E-state index is 0.719. The van der Waals surface area contributed by atoms with Crippen molar-refractivity contribution in [3.63, 3.8) is 0 Å². The predicted octanol–water partition coefficient (Wildman–Crippen LogP) is 2.67. The van der Waals surface area contributed by atoms with E-state index in [2.05, 4.69) is 39.0 Å². The van der Waals surface area contributed by atoms with Gasteiger partial charge in [0.15, 0.2) is 12.2 Å². The van der Waals surface area contributed by atoms with Crippen LogP contribution in [0.4, 0.5) is 0 Å². The number of rotatable bonds is 3. The summed E-state index contributed by atoms with van der Waals surface area (Å²) in [5.41, 5.74) is 2.04. The van der Waals surface area contributed by atoms with E-state index >= 15 is 0 Å². The van der Waals surface area contributed by atoms with Crippen LogP contribution in [-0.2, 0) is 6.54 Å². The van der Waals surface area contributed by atoms with Crippen molar-refractivity contribution in [3.05, 3.63) is 39.9 Å². The summed E-state index contributed by atoms with van der Waals surface area (Å²) in [6, 6.07) is 8.12. The minimum Gasteiger partial charge on any atom is -0.443 e. The number of nitrogens with zero attached hydrogens (tertiary/aromatic N) is 1. The average molecular weight is 314 g/mol. The molecule has 1 heterocycles. The molecule has 0 saturated carbocycles. The summed E-state index contributed by atoms with van der Waals surface area (Å²) in [6.07, 6.45) is 1.49. The van der Waals surface area contributed by atoms with Crippen LogP contribution in [0.15, 0.2) is 35.1 Å². The Morgan fingerprint density at radius 3 is 2.93 bits per heavy atom. The Labute approximate surface area is 102 Å². The van der Waals surface area contributed by atoms with Gasteiger partial charge >= 0.3 is 0 Å². The number of benzene rings is 1. The molecule has 0 radical (unpaired) electrons. The van der Waals surface area contributed by atoms with Gasteiger partial charge in [0.1, 0.15) is 5.69 Å². The fraction of sp³-hybridized carbons (Fsp3) is 0.182. The number of aromatic nitrogens is 1.